The predicted octanol–water partition coefficient (Wildman–Crippen LogP) is 6.60. The van der Waals surface area contributed by atoms with Crippen LogP contribution in [-0.2, 0) is 0 Å². The zero-order valence-electron chi connectivity index (χ0n) is 14.2. The second-order valence-electron chi connectivity index (χ2n) is 7.59. The highest BCUT2D eigenvalue weighted by atomic mass is 14.4. The van der Waals surface area contributed by atoms with Crippen molar-refractivity contribution in [2.75, 3.05) is 0 Å². The molecule has 20 heavy (non-hydrogen) atoms. The van der Waals surface area contributed by atoms with Gasteiger partial charge < -0.3 is 0 Å². The van der Waals surface area contributed by atoms with Crippen LogP contribution in [0.25, 0.3) is 0 Å². The van der Waals surface area contributed by atoms with E-state index in [-0.39, 0.29) is 0 Å². The van der Waals surface area contributed by atoms with E-state index >= 15 is 0 Å². The Labute approximate surface area is 126 Å². The molecule has 0 nitrogen and oxygen atoms in total. The molecule has 0 amide bonds. The average molecular weight is 272 g/mol. The highest BCUT2D eigenvalue weighted by Gasteiger charge is 2.36. The monoisotopic (exact) mass is 272 g/mol. The van der Waals surface area contributed by atoms with E-state index in [0.29, 0.717) is 5.41 Å². The molecule has 0 N–H and O–H groups in total. The van der Waals surface area contributed by atoms with Gasteiger partial charge >= 0.3 is 0 Å². The van der Waals surface area contributed by atoms with Gasteiger partial charge in [-0.1, -0.05) is 48.3 Å². The Morgan fingerprint density at radius 3 is 2.35 bits per heavy atom. The number of fused-ring (bicyclic) bond motifs is 2. The van der Waals surface area contributed by atoms with Crippen molar-refractivity contribution < 1.29 is 0 Å². The summed E-state index contributed by atoms with van der Waals surface area (Å²) in [4.78, 5) is 0. The lowest BCUT2D eigenvalue weighted by molar-refractivity contribution is 0.223. The molecule has 0 radical (unpaired) electrons. The van der Waals surface area contributed by atoms with E-state index in [1.54, 1.807) is 22.3 Å². The van der Waals surface area contributed by atoms with E-state index in [1.165, 1.54) is 44.9 Å². The highest BCUT2D eigenvalue weighted by molar-refractivity contribution is 5.26. The molecule has 2 aliphatic carbocycles. The molecule has 0 aromatic carbocycles. The summed E-state index contributed by atoms with van der Waals surface area (Å²) in [7, 11) is 0. The van der Waals surface area contributed by atoms with Crippen LogP contribution in [-0.4, -0.2) is 0 Å². The number of hydrogen-bond acceptors (Lipinski definition) is 0. The summed E-state index contributed by atoms with van der Waals surface area (Å²) in [5.41, 5.74) is 6.98. The van der Waals surface area contributed by atoms with Crippen molar-refractivity contribution in [3.8, 4) is 0 Å². The van der Waals surface area contributed by atoms with E-state index in [4.69, 9.17) is 0 Å². The molecule has 0 aliphatic heterocycles. The Hall–Kier alpha value is -0.780. The smallest absolute Gasteiger partial charge is 0.0111 e. The molecule has 2 aliphatic rings. The van der Waals surface area contributed by atoms with Crippen LogP contribution in [0, 0.1) is 11.3 Å². The SMILES string of the molecule is CC1=C2CC/C(C)=C\CC/C(C)=C\C[C@H](CC1)C2(C)C. The number of allylic oxidation sites excluding steroid dienone is 6. The fourth-order valence-electron chi connectivity index (χ4n) is 4.06. The molecule has 2 rings (SSSR count). The van der Waals surface area contributed by atoms with Crippen LogP contribution in [0.5, 0.6) is 0 Å². The third-order valence-electron chi connectivity index (χ3n) is 5.73. The molecule has 0 aromatic rings. The summed E-state index contributed by atoms with van der Waals surface area (Å²) >= 11 is 0. The fourth-order valence-corrected chi connectivity index (χ4v) is 4.06. The normalized spacial score (nSPS) is 33.4. The first kappa shape index (κ1) is 15.6. The molecule has 0 saturated heterocycles. The lowest BCUT2D eigenvalue weighted by Crippen LogP contribution is -2.30. The van der Waals surface area contributed by atoms with E-state index in [2.05, 4.69) is 46.8 Å². The topological polar surface area (TPSA) is 0 Å². The molecule has 0 saturated carbocycles. The van der Waals surface area contributed by atoms with Crippen LogP contribution in [0.2, 0.25) is 0 Å². The summed E-state index contributed by atoms with van der Waals surface area (Å²) in [6, 6.07) is 0. The van der Waals surface area contributed by atoms with E-state index in [9.17, 15) is 0 Å². The highest BCUT2D eigenvalue weighted by Crippen LogP contribution is 2.48. The van der Waals surface area contributed by atoms with Crippen molar-refractivity contribution in [1.29, 1.82) is 0 Å². The van der Waals surface area contributed by atoms with Crippen molar-refractivity contribution in [2.24, 2.45) is 11.3 Å². The molecular weight excluding hydrogens is 240 g/mol. The lowest BCUT2D eigenvalue weighted by atomic mass is 9.63. The molecule has 0 unspecified atom stereocenters. The van der Waals surface area contributed by atoms with Gasteiger partial charge in [-0.15, -0.1) is 0 Å². The Morgan fingerprint density at radius 1 is 0.900 bits per heavy atom. The molecule has 112 valence electrons. The Bertz CT molecular complexity index is 443. The maximum atomic E-state index is 2.52. The minimum absolute atomic E-state index is 0.387. The molecule has 0 aromatic heterocycles. The van der Waals surface area contributed by atoms with Gasteiger partial charge in [0.1, 0.15) is 0 Å². The average Bonchev–Trinajstić information content (AvgIpc) is 2.36. The Morgan fingerprint density at radius 2 is 1.60 bits per heavy atom. The first-order valence-corrected chi connectivity index (χ1v) is 8.41. The quantitative estimate of drug-likeness (QED) is 0.436. The largest absolute Gasteiger partial charge is 0.0853 e. The van der Waals surface area contributed by atoms with Crippen LogP contribution in [0.3, 0.4) is 0 Å². The van der Waals surface area contributed by atoms with Gasteiger partial charge in [-0.3, -0.25) is 0 Å². The Balaban J connectivity index is 2.32. The van der Waals surface area contributed by atoms with Gasteiger partial charge in [0, 0.05) is 0 Å². The molecule has 0 heterocycles. The zero-order chi connectivity index (χ0) is 14.8. The van der Waals surface area contributed by atoms with Gasteiger partial charge in [0.2, 0.25) is 0 Å². The van der Waals surface area contributed by atoms with Gasteiger partial charge in [-0.05, 0) is 77.0 Å². The van der Waals surface area contributed by atoms with Gasteiger partial charge in [-0.2, -0.15) is 0 Å². The summed E-state index contributed by atoms with van der Waals surface area (Å²) in [6.07, 6.45) is 14.0. The van der Waals surface area contributed by atoms with Crippen LogP contribution >= 0.6 is 0 Å². The van der Waals surface area contributed by atoms with Crippen molar-refractivity contribution in [2.45, 2.75) is 79.6 Å². The lowest BCUT2D eigenvalue weighted by Gasteiger charge is -2.42. The summed E-state index contributed by atoms with van der Waals surface area (Å²) in [6.45, 7) is 12.0. The van der Waals surface area contributed by atoms with E-state index in [1.807, 2.05) is 0 Å². The van der Waals surface area contributed by atoms with Crippen LogP contribution in [0.4, 0.5) is 0 Å². The van der Waals surface area contributed by atoms with Crippen molar-refractivity contribution >= 4 is 0 Å². The summed E-state index contributed by atoms with van der Waals surface area (Å²) < 4.78 is 0. The standard InChI is InChI=1S/C20H32/c1-15-7-6-8-16(2)10-14-19-17(3)11-13-18(12-9-15)20(19,4)5/h8-9,18H,6-7,10-14H2,1-5H3/b15-9-,16-8-/t18-/m1/s1. The zero-order valence-corrected chi connectivity index (χ0v) is 14.2. The maximum absolute atomic E-state index is 2.52. The number of rotatable bonds is 0. The molecule has 1 atom stereocenters. The molecule has 0 spiro atoms. The van der Waals surface area contributed by atoms with E-state index in [0.717, 1.165) is 5.92 Å². The van der Waals surface area contributed by atoms with Crippen LogP contribution in [0.1, 0.15) is 79.6 Å². The van der Waals surface area contributed by atoms with Gasteiger partial charge in [0.15, 0.2) is 0 Å². The minimum atomic E-state index is 0.387. The molecule has 0 heteroatoms. The second-order valence-corrected chi connectivity index (χ2v) is 7.59. The van der Waals surface area contributed by atoms with Crippen molar-refractivity contribution in [3.63, 3.8) is 0 Å². The van der Waals surface area contributed by atoms with E-state index < -0.39 is 0 Å². The minimum Gasteiger partial charge on any atom is -0.0853 e. The Kier molecular flexibility index (Phi) is 4.94. The molecule has 0 fully saturated rings. The first-order chi connectivity index (χ1) is 9.41. The van der Waals surface area contributed by atoms with Gasteiger partial charge in [0.25, 0.3) is 0 Å². The third kappa shape index (κ3) is 3.45. The fraction of sp³-hybridized carbons (Fsp3) is 0.700. The van der Waals surface area contributed by atoms with Crippen molar-refractivity contribution in [3.05, 3.63) is 34.4 Å². The van der Waals surface area contributed by atoms with Crippen LogP contribution < -0.4 is 0 Å². The van der Waals surface area contributed by atoms with Gasteiger partial charge in [-0.25, -0.2) is 0 Å². The summed E-state index contributed by atoms with van der Waals surface area (Å²) in [5, 5.41) is 0. The number of hydrogen-bond donors (Lipinski definition) is 0. The van der Waals surface area contributed by atoms with Crippen LogP contribution in [0.15, 0.2) is 34.4 Å². The molecular formula is C20H32. The third-order valence-corrected chi connectivity index (χ3v) is 5.73. The van der Waals surface area contributed by atoms with Crippen molar-refractivity contribution in [1.82, 2.24) is 0 Å². The second kappa shape index (κ2) is 6.33. The maximum Gasteiger partial charge on any atom is -0.0111 e. The van der Waals surface area contributed by atoms with Gasteiger partial charge in [0.05, 0.1) is 0 Å². The molecule has 2 bridgehead atoms. The summed E-state index contributed by atoms with van der Waals surface area (Å²) in [5.74, 6) is 0.833. The predicted molar refractivity (Wildman–Crippen MR) is 89.8 cm³/mol. The first-order valence-electron chi connectivity index (χ1n) is 8.41.